The zero-order valence-electron chi connectivity index (χ0n) is 21.3. The van der Waals surface area contributed by atoms with Gasteiger partial charge >= 0.3 is 5.97 Å². The Balaban J connectivity index is 1.58. The van der Waals surface area contributed by atoms with E-state index in [1.165, 1.54) is 0 Å². The molecule has 4 aliphatic carbocycles. The second kappa shape index (κ2) is 8.45. The molecule has 2 N–H and O–H groups in total. The number of benzene rings is 1. The summed E-state index contributed by atoms with van der Waals surface area (Å²) in [5, 5.41) is 21.6. The predicted octanol–water partition coefficient (Wildman–Crippen LogP) is 4.06. The third-order valence-electron chi connectivity index (χ3n) is 10.9. The second-order valence-electron chi connectivity index (χ2n) is 12.3. The minimum Gasteiger partial charge on any atom is -0.446 e. The first-order valence-electron chi connectivity index (χ1n) is 13.3. The van der Waals surface area contributed by atoms with Gasteiger partial charge in [0.1, 0.15) is 18.1 Å². The maximum Gasteiger partial charge on any atom is 0.339 e. The molecule has 1 aromatic rings. The Morgan fingerprint density at radius 1 is 1.11 bits per heavy atom. The van der Waals surface area contributed by atoms with E-state index >= 15 is 4.39 Å². The average Bonchev–Trinajstić information content (AvgIpc) is 3.07. The van der Waals surface area contributed by atoms with E-state index < -0.39 is 58.4 Å². The zero-order valence-corrected chi connectivity index (χ0v) is 21.3. The Morgan fingerprint density at radius 2 is 1.81 bits per heavy atom. The summed E-state index contributed by atoms with van der Waals surface area (Å²) in [4.78, 5) is 39.0. The van der Waals surface area contributed by atoms with E-state index in [2.05, 4.69) is 0 Å². The number of alkyl halides is 1. The summed E-state index contributed by atoms with van der Waals surface area (Å²) in [6.07, 6.45) is 1.28. The summed E-state index contributed by atoms with van der Waals surface area (Å²) in [6.45, 7) is 4.74. The molecule has 0 heterocycles. The van der Waals surface area contributed by atoms with Crippen molar-refractivity contribution in [2.45, 2.75) is 83.1 Å². The molecule has 4 fully saturated rings. The van der Waals surface area contributed by atoms with E-state index in [4.69, 9.17) is 4.74 Å². The maximum atomic E-state index is 17.5. The zero-order chi connectivity index (χ0) is 26.1. The fourth-order valence-corrected chi connectivity index (χ4v) is 9.14. The van der Waals surface area contributed by atoms with E-state index in [-0.39, 0.29) is 29.6 Å². The van der Waals surface area contributed by atoms with Crippen molar-refractivity contribution in [3.63, 3.8) is 0 Å². The third kappa shape index (κ3) is 3.11. The molecule has 7 heteroatoms. The van der Waals surface area contributed by atoms with Crippen molar-refractivity contribution in [1.29, 1.82) is 0 Å². The van der Waals surface area contributed by atoms with Crippen LogP contribution in [0.5, 0.6) is 0 Å². The lowest BCUT2D eigenvalue weighted by Crippen LogP contribution is -2.71. The maximum absolute atomic E-state index is 17.5. The van der Waals surface area contributed by atoms with Crippen LogP contribution in [0.4, 0.5) is 4.39 Å². The first-order valence-corrected chi connectivity index (χ1v) is 13.3. The van der Waals surface area contributed by atoms with Gasteiger partial charge in [0.2, 0.25) is 5.78 Å². The number of fused-ring (bicyclic) bond motifs is 5. The van der Waals surface area contributed by atoms with Crippen LogP contribution in [0.1, 0.15) is 76.1 Å². The van der Waals surface area contributed by atoms with Crippen LogP contribution in [-0.4, -0.2) is 51.7 Å². The van der Waals surface area contributed by atoms with Crippen LogP contribution in [0, 0.1) is 34.5 Å². The van der Waals surface area contributed by atoms with E-state index in [0.717, 1.165) is 0 Å². The number of ether oxygens (including phenoxy) is 1. The summed E-state index contributed by atoms with van der Waals surface area (Å²) >= 11 is 0. The van der Waals surface area contributed by atoms with Crippen LogP contribution in [0.3, 0.4) is 0 Å². The molecule has 1 aromatic carbocycles. The number of hydrogen-bond acceptors (Lipinski definition) is 6. The van der Waals surface area contributed by atoms with Gasteiger partial charge in [-0.15, -0.1) is 0 Å². The Morgan fingerprint density at radius 3 is 2.47 bits per heavy atom. The molecular formula is C29H37FO6. The molecule has 0 amide bonds. The van der Waals surface area contributed by atoms with Gasteiger partial charge in [0.15, 0.2) is 5.60 Å². The van der Waals surface area contributed by atoms with Gasteiger partial charge in [-0.2, -0.15) is 0 Å². The van der Waals surface area contributed by atoms with Gasteiger partial charge in [0, 0.05) is 29.6 Å². The highest BCUT2D eigenvalue weighted by molar-refractivity contribution is 5.96. The predicted molar refractivity (Wildman–Crippen MR) is 130 cm³/mol. The Labute approximate surface area is 211 Å². The van der Waals surface area contributed by atoms with Crippen LogP contribution in [-0.2, 0) is 14.3 Å². The number of hydrogen-bond donors (Lipinski definition) is 2. The second-order valence-corrected chi connectivity index (χ2v) is 12.3. The molecule has 0 radical (unpaired) electrons. The van der Waals surface area contributed by atoms with Crippen molar-refractivity contribution in [3.8, 4) is 0 Å². The number of aliphatic hydroxyl groups is 2. The Bertz CT molecular complexity index is 1070. The number of aliphatic hydroxyl groups excluding tert-OH is 2. The van der Waals surface area contributed by atoms with Gasteiger partial charge in [-0.1, -0.05) is 39.0 Å². The monoisotopic (exact) mass is 500 g/mol. The molecule has 0 spiro atoms. The van der Waals surface area contributed by atoms with Gasteiger partial charge in [0.05, 0.1) is 11.7 Å². The topological polar surface area (TPSA) is 101 Å². The molecular weight excluding hydrogens is 463 g/mol. The Hall–Kier alpha value is -2.12. The SMILES string of the molecule is C[C@@H]1C[C@H]2[C@@H]3CC[C@H]4CC(=O)CC[C@]4(C)[C@@]3(F)[C@@H](O)C[C@]2(C)[C@]1(OC(=O)c1ccccc1)C(=O)CO. The van der Waals surface area contributed by atoms with Crippen molar-refractivity contribution in [3.05, 3.63) is 35.9 Å². The highest BCUT2D eigenvalue weighted by Crippen LogP contribution is 2.72. The van der Waals surface area contributed by atoms with Gasteiger partial charge in [0.25, 0.3) is 0 Å². The molecule has 0 unspecified atom stereocenters. The van der Waals surface area contributed by atoms with E-state index in [1.54, 1.807) is 30.3 Å². The number of esters is 1. The summed E-state index contributed by atoms with van der Waals surface area (Å²) < 4.78 is 23.6. The lowest BCUT2D eigenvalue weighted by Gasteiger charge is -2.65. The molecule has 0 bridgehead atoms. The van der Waals surface area contributed by atoms with Gasteiger partial charge in [-0.3, -0.25) is 9.59 Å². The van der Waals surface area contributed by atoms with Crippen molar-refractivity contribution >= 4 is 17.5 Å². The summed E-state index contributed by atoms with van der Waals surface area (Å²) in [5.74, 6) is -2.55. The summed E-state index contributed by atoms with van der Waals surface area (Å²) in [6, 6.07) is 8.39. The quantitative estimate of drug-likeness (QED) is 0.605. The molecule has 0 aliphatic heterocycles. The molecule has 36 heavy (non-hydrogen) atoms. The number of halogens is 1. The molecule has 6 nitrogen and oxygen atoms in total. The lowest BCUT2D eigenvalue weighted by molar-refractivity contribution is -0.254. The molecule has 0 aromatic heterocycles. The van der Waals surface area contributed by atoms with Crippen molar-refractivity contribution < 1.29 is 33.7 Å². The fourth-order valence-electron chi connectivity index (χ4n) is 9.14. The highest BCUT2D eigenvalue weighted by atomic mass is 19.1. The molecule has 4 aliphatic rings. The minimum absolute atomic E-state index is 0.0565. The van der Waals surface area contributed by atoms with E-state index in [9.17, 15) is 24.6 Å². The van der Waals surface area contributed by atoms with Crippen LogP contribution in [0.2, 0.25) is 0 Å². The minimum atomic E-state index is -1.90. The van der Waals surface area contributed by atoms with Crippen LogP contribution >= 0.6 is 0 Å². The highest BCUT2D eigenvalue weighted by Gasteiger charge is 2.77. The van der Waals surface area contributed by atoms with Gasteiger partial charge in [-0.25, -0.2) is 9.18 Å². The number of ketones is 2. The molecule has 196 valence electrons. The normalized spacial score (nSPS) is 45.8. The number of Topliss-reactive ketones (excluding diaryl/α,β-unsaturated/α-hetero) is 2. The van der Waals surface area contributed by atoms with E-state index in [0.29, 0.717) is 38.5 Å². The molecule has 4 saturated carbocycles. The summed E-state index contributed by atoms with van der Waals surface area (Å²) in [7, 11) is 0. The van der Waals surface area contributed by atoms with Crippen LogP contribution in [0.25, 0.3) is 0 Å². The standard InChI is InChI=1S/C29H37FO6/c1-17-13-22-21-10-9-19-14-20(32)11-12-26(19,2)28(21,30)23(33)15-27(22,3)29(17,24(34)16-31)36-25(35)18-7-5-4-6-8-18/h4-8,17,19,21-23,31,33H,9-16H2,1-3H3/t17-,19+,21+,22+,23+,26+,27+,28+,29-/m1/s1. The fraction of sp³-hybridized carbons (Fsp3) is 0.690. The average molecular weight is 501 g/mol. The van der Waals surface area contributed by atoms with Crippen molar-refractivity contribution in [1.82, 2.24) is 0 Å². The summed E-state index contributed by atoms with van der Waals surface area (Å²) in [5.41, 5.74) is -5.17. The van der Waals surface area contributed by atoms with Crippen molar-refractivity contribution in [2.75, 3.05) is 6.61 Å². The van der Waals surface area contributed by atoms with Crippen LogP contribution < -0.4 is 0 Å². The van der Waals surface area contributed by atoms with E-state index in [1.807, 2.05) is 20.8 Å². The third-order valence-corrected chi connectivity index (χ3v) is 10.9. The first kappa shape index (κ1) is 25.5. The number of carbonyl (C=O) groups is 3. The molecule has 5 rings (SSSR count). The van der Waals surface area contributed by atoms with Gasteiger partial charge in [-0.05, 0) is 62.0 Å². The molecule has 9 atom stereocenters. The number of rotatable bonds is 4. The number of carbonyl (C=O) groups excluding carboxylic acids is 3. The van der Waals surface area contributed by atoms with Gasteiger partial charge < -0.3 is 14.9 Å². The van der Waals surface area contributed by atoms with Crippen molar-refractivity contribution in [2.24, 2.45) is 34.5 Å². The first-order chi connectivity index (χ1) is 17.0. The lowest BCUT2D eigenvalue weighted by atomic mass is 9.42. The Kier molecular flexibility index (Phi) is 5.99. The van der Waals surface area contributed by atoms with Crippen LogP contribution in [0.15, 0.2) is 30.3 Å². The molecule has 0 saturated heterocycles. The largest absolute Gasteiger partial charge is 0.446 e. The smallest absolute Gasteiger partial charge is 0.339 e.